The molecule has 8 atom stereocenters. The van der Waals surface area contributed by atoms with Gasteiger partial charge in [-0.15, -0.1) is 0 Å². The van der Waals surface area contributed by atoms with E-state index in [4.69, 9.17) is 14.2 Å². The average molecular weight is 531 g/mol. The Morgan fingerprint density at radius 1 is 0.974 bits per heavy atom. The number of ether oxygens (including phenoxy) is 3. The van der Waals surface area contributed by atoms with Crippen molar-refractivity contribution < 1.29 is 19.0 Å². The molecule has 4 rings (SSSR count). The summed E-state index contributed by atoms with van der Waals surface area (Å²) < 4.78 is 16.5. The van der Waals surface area contributed by atoms with Crippen LogP contribution in [0.15, 0.2) is 11.6 Å². The van der Waals surface area contributed by atoms with Gasteiger partial charge in [-0.25, -0.2) is 4.79 Å². The summed E-state index contributed by atoms with van der Waals surface area (Å²) in [5.74, 6) is 5.13. The van der Waals surface area contributed by atoms with Crippen molar-refractivity contribution in [2.75, 3.05) is 19.8 Å². The molecule has 0 spiro atoms. The van der Waals surface area contributed by atoms with E-state index in [9.17, 15) is 4.79 Å². The molecule has 0 aromatic heterocycles. The third kappa shape index (κ3) is 6.47. The first-order valence-corrected chi connectivity index (χ1v) is 16.3. The van der Waals surface area contributed by atoms with E-state index in [0.29, 0.717) is 12.0 Å². The molecule has 0 aromatic rings. The van der Waals surface area contributed by atoms with Crippen molar-refractivity contribution in [3.8, 4) is 0 Å². The fourth-order valence-electron chi connectivity index (χ4n) is 9.53. The zero-order valence-corrected chi connectivity index (χ0v) is 25.6. The SMILES string of the molecule is CCOCCCCOC(=O)O[C@H]1CC[C@@]2(C)C(=CC[C@H]3[C@@H]4CC[C@H]([C@H](C)CCCC(C)C)[C@@]4(C)CC[C@@H]32)C1. The molecule has 0 bridgehead atoms. The average Bonchev–Trinajstić information content (AvgIpc) is 3.23. The minimum absolute atomic E-state index is 0.0294. The number of allylic oxidation sites excluding steroid dienone is 1. The molecule has 0 amide bonds. The summed E-state index contributed by atoms with van der Waals surface area (Å²) in [6, 6.07) is 0. The lowest BCUT2D eigenvalue weighted by Gasteiger charge is -2.58. The van der Waals surface area contributed by atoms with Gasteiger partial charge in [0.2, 0.25) is 0 Å². The third-order valence-corrected chi connectivity index (χ3v) is 11.6. The van der Waals surface area contributed by atoms with Crippen molar-refractivity contribution in [2.45, 2.75) is 131 Å². The first-order chi connectivity index (χ1) is 18.2. The van der Waals surface area contributed by atoms with Crippen LogP contribution in [0.1, 0.15) is 125 Å². The van der Waals surface area contributed by atoms with Gasteiger partial charge in [0.15, 0.2) is 0 Å². The molecule has 0 unspecified atom stereocenters. The molecule has 4 heteroatoms. The highest BCUT2D eigenvalue weighted by molar-refractivity contribution is 5.60. The highest BCUT2D eigenvalue weighted by Gasteiger charge is 2.59. The first kappa shape index (κ1) is 29.9. The van der Waals surface area contributed by atoms with Gasteiger partial charge in [0.05, 0.1) is 6.61 Å². The van der Waals surface area contributed by atoms with Gasteiger partial charge in [0.1, 0.15) is 6.10 Å². The Kier molecular flexibility index (Phi) is 10.3. The minimum Gasteiger partial charge on any atom is -0.434 e. The summed E-state index contributed by atoms with van der Waals surface area (Å²) in [5, 5.41) is 0. The van der Waals surface area contributed by atoms with Gasteiger partial charge in [-0.3, -0.25) is 0 Å². The predicted molar refractivity (Wildman–Crippen MR) is 155 cm³/mol. The molecular weight excluding hydrogens is 472 g/mol. The van der Waals surface area contributed by atoms with Crippen molar-refractivity contribution in [2.24, 2.45) is 46.3 Å². The number of rotatable bonds is 12. The molecule has 4 aliphatic carbocycles. The Bertz CT molecular complexity index is 804. The second-order valence-corrected chi connectivity index (χ2v) is 14.3. The van der Waals surface area contributed by atoms with Crippen LogP contribution < -0.4 is 0 Å². The van der Waals surface area contributed by atoms with Crippen molar-refractivity contribution >= 4 is 6.16 Å². The van der Waals surface area contributed by atoms with Crippen LogP contribution in [0.2, 0.25) is 0 Å². The quantitative estimate of drug-likeness (QED) is 0.143. The Hall–Kier alpha value is -1.03. The van der Waals surface area contributed by atoms with Gasteiger partial charge >= 0.3 is 6.16 Å². The molecule has 0 aliphatic heterocycles. The molecule has 0 saturated heterocycles. The Morgan fingerprint density at radius 2 is 1.76 bits per heavy atom. The van der Waals surface area contributed by atoms with E-state index in [1.54, 1.807) is 5.57 Å². The third-order valence-electron chi connectivity index (χ3n) is 11.6. The minimum atomic E-state index is -0.489. The van der Waals surface area contributed by atoms with Crippen molar-refractivity contribution in [1.29, 1.82) is 0 Å². The van der Waals surface area contributed by atoms with Crippen LogP contribution in [0.5, 0.6) is 0 Å². The van der Waals surface area contributed by atoms with Gasteiger partial charge in [0.25, 0.3) is 0 Å². The van der Waals surface area contributed by atoms with Crippen LogP contribution >= 0.6 is 0 Å². The van der Waals surface area contributed by atoms with E-state index in [1.165, 1.54) is 51.4 Å². The Labute approximate surface area is 234 Å². The van der Waals surface area contributed by atoms with E-state index in [2.05, 4.69) is 40.7 Å². The van der Waals surface area contributed by atoms with Gasteiger partial charge in [-0.05, 0) is 111 Å². The molecule has 38 heavy (non-hydrogen) atoms. The van der Waals surface area contributed by atoms with Gasteiger partial charge in [-0.1, -0.05) is 65.5 Å². The Morgan fingerprint density at radius 3 is 2.53 bits per heavy atom. The Balaban J connectivity index is 1.31. The zero-order chi connectivity index (χ0) is 27.3. The maximum Gasteiger partial charge on any atom is 0.508 e. The number of carbonyl (C=O) groups is 1. The number of fused-ring (bicyclic) bond motifs is 5. The van der Waals surface area contributed by atoms with Crippen LogP contribution in [0, 0.1) is 46.3 Å². The monoisotopic (exact) mass is 530 g/mol. The summed E-state index contributed by atoms with van der Waals surface area (Å²) in [7, 11) is 0. The maximum absolute atomic E-state index is 12.3. The van der Waals surface area contributed by atoms with Crippen LogP contribution in [0.4, 0.5) is 4.79 Å². The van der Waals surface area contributed by atoms with Gasteiger partial charge < -0.3 is 14.2 Å². The molecule has 0 heterocycles. The fraction of sp³-hybridized carbons (Fsp3) is 0.912. The van der Waals surface area contributed by atoms with Gasteiger partial charge in [-0.2, -0.15) is 0 Å². The molecule has 0 radical (unpaired) electrons. The summed E-state index contributed by atoms with van der Waals surface area (Å²) in [4.78, 5) is 12.3. The van der Waals surface area contributed by atoms with Crippen LogP contribution in [-0.2, 0) is 14.2 Å². The van der Waals surface area contributed by atoms with Crippen LogP contribution in [0.3, 0.4) is 0 Å². The van der Waals surface area contributed by atoms with E-state index in [-0.39, 0.29) is 11.5 Å². The van der Waals surface area contributed by atoms with E-state index >= 15 is 0 Å². The van der Waals surface area contributed by atoms with Crippen molar-refractivity contribution in [3.05, 3.63) is 11.6 Å². The normalized spacial score (nSPS) is 37.1. The number of unbranched alkanes of at least 4 members (excludes halogenated alkanes) is 1. The van der Waals surface area contributed by atoms with E-state index < -0.39 is 6.16 Å². The molecule has 4 nitrogen and oxygen atoms in total. The fourth-order valence-corrected chi connectivity index (χ4v) is 9.53. The topological polar surface area (TPSA) is 44.8 Å². The molecule has 4 aliphatic rings. The molecule has 0 N–H and O–H groups in total. The largest absolute Gasteiger partial charge is 0.508 e. The number of hydrogen-bond donors (Lipinski definition) is 0. The lowest BCUT2D eigenvalue weighted by Crippen LogP contribution is -2.51. The summed E-state index contributed by atoms with van der Waals surface area (Å²) in [6.45, 7) is 16.4. The highest BCUT2D eigenvalue weighted by Crippen LogP contribution is 2.67. The summed E-state index contributed by atoms with van der Waals surface area (Å²) >= 11 is 0. The van der Waals surface area contributed by atoms with E-state index in [0.717, 1.165) is 80.8 Å². The molecule has 0 aromatic carbocycles. The lowest BCUT2D eigenvalue weighted by atomic mass is 9.47. The predicted octanol–water partition coefficient (Wildman–Crippen LogP) is 9.37. The second-order valence-electron chi connectivity index (χ2n) is 14.3. The second kappa shape index (κ2) is 13.1. The standard InChI is InChI=1S/C34H58O4/c1-7-36-21-8-9-22-37-32(35)38-27-17-19-33(5)26(23-27)13-14-28-30-16-15-29(25(4)12-10-11-24(2)3)34(30,6)20-18-31(28)33/h13,24-25,27-31H,7-12,14-23H2,1-6H3/t25-,27+,28+,29-,30+,31+,33+,34-/m1/s1. The maximum atomic E-state index is 12.3. The summed E-state index contributed by atoms with van der Waals surface area (Å²) in [6.07, 6.45) is 17.9. The van der Waals surface area contributed by atoms with Crippen molar-refractivity contribution in [1.82, 2.24) is 0 Å². The summed E-state index contributed by atoms with van der Waals surface area (Å²) in [5.41, 5.74) is 2.39. The van der Waals surface area contributed by atoms with Crippen LogP contribution in [0.25, 0.3) is 0 Å². The van der Waals surface area contributed by atoms with Crippen LogP contribution in [-0.4, -0.2) is 32.1 Å². The number of hydrogen-bond acceptors (Lipinski definition) is 4. The molecular formula is C34H58O4. The molecule has 218 valence electrons. The number of carbonyl (C=O) groups excluding carboxylic acids is 1. The lowest BCUT2D eigenvalue weighted by molar-refractivity contribution is -0.0617. The highest BCUT2D eigenvalue weighted by atomic mass is 16.7. The smallest absolute Gasteiger partial charge is 0.434 e. The first-order valence-electron chi connectivity index (χ1n) is 16.3. The zero-order valence-electron chi connectivity index (χ0n) is 25.6. The molecule has 3 saturated carbocycles. The van der Waals surface area contributed by atoms with E-state index in [1.807, 2.05) is 6.92 Å². The van der Waals surface area contributed by atoms with Gasteiger partial charge in [0, 0.05) is 19.6 Å². The molecule has 3 fully saturated rings. The van der Waals surface area contributed by atoms with Crippen molar-refractivity contribution in [3.63, 3.8) is 0 Å².